The van der Waals surface area contributed by atoms with Crippen molar-refractivity contribution in [1.82, 2.24) is 0 Å². The van der Waals surface area contributed by atoms with Crippen LogP contribution < -0.4 is 4.90 Å². The van der Waals surface area contributed by atoms with E-state index >= 15 is 0 Å². The summed E-state index contributed by atoms with van der Waals surface area (Å²) in [5.74, 6) is -2.53. The van der Waals surface area contributed by atoms with E-state index in [1.165, 1.54) is 5.56 Å². The molecule has 2 rings (SSSR count). The van der Waals surface area contributed by atoms with Gasteiger partial charge in [0.2, 0.25) is 0 Å². The number of rotatable bonds is 1. The molecule has 1 aliphatic heterocycles. The van der Waals surface area contributed by atoms with Gasteiger partial charge in [0.25, 0.3) is 5.92 Å². The summed E-state index contributed by atoms with van der Waals surface area (Å²) < 4.78 is 26.6. The summed E-state index contributed by atoms with van der Waals surface area (Å²) in [5.41, 5.74) is 3.28. The molecule has 0 N–H and O–H groups in total. The fourth-order valence-electron chi connectivity index (χ4n) is 2.11. The van der Waals surface area contributed by atoms with E-state index in [0.717, 1.165) is 17.8 Å². The number of alkyl halides is 2. The van der Waals surface area contributed by atoms with Crippen molar-refractivity contribution in [2.75, 3.05) is 18.0 Å². The van der Waals surface area contributed by atoms with Gasteiger partial charge in [-0.3, -0.25) is 0 Å². The molecular weight excluding hydrogens is 208 g/mol. The summed E-state index contributed by atoms with van der Waals surface area (Å²) in [6.07, 6.45) is 0.592. The Hall–Kier alpha value is -1.12. The van der Waals surface area contributed by atoms with E-state index in [9.17, 15) is 8.78 Å². The Morgan fingerprint density at radius 2 is 1.94 bits per heavy atom. The van der Waals surface area contributed by atoms with Crippen LogP contribution in [-0.4, -0.2) is 19.0 Å². The molecule has 1 saturated heterocycles. The Morgan fingerprint density at radius 1 is 1.19 bits per heavy atom. The number of anilines is 1. The molecule has 88 valence electrons. The van der Waals surface area contributed by atoms with Crippen LogP contribution in [0.2, 0.25) is 0 Å². The van der Waals surface area contributed by atoms with Crippen molar-refractivity contribution in [3.8, 4) is 0 Å². The fourth-order valence-corrected chi connectivity index (χ4v) is 2.11. The number of aryl methyl sites for hydroxylation is 2. The van der Waals surface area contributed by atoms with Crippen LogP contribution in [0, 0.1) is 13.8 Å². The van der Waals surface area contributed by atoms with E-state index in [0.29, 0.717) is 6.42 Å². The van der Waals surface area contributed by atoms with Crippen LogP contribution in [0.15, 0.2) is 18.2 Å². The standard InChI is InChI=1S/C13H17F2N/c1-10-4-5-12(8-11(10)2)16-7-3-6-13(14,15)9-16/h4-5,8H,3,6-7,9H2,1-2H3. The van der Waals surface area contributed by atoms with Gasteiger partial charge in [0.05, 0.1) is 6.54 Å². The maximum Gasteiger partial charge on any atom is 0.265 e. The van der Waals surface area contributed by atoms with E-state index in [4.69, 9.17) is 0 Å². The van der Waals surface area contributed by atoms with Gasteiger partial charge in [-0.15, -0.1) is 0 Å². The molecule has 0 unspecified atom stereocenters. The summed E-state index contributed by atoms with van der Waals surface area (Å²) in [7, 11) is 0. The van der Waals surface area contributed by atoms with Crippen LogP contribution in [0.25, 0.3) is 0 Å². The first-order valence-electron chi connectivity index (χ1n) is 5.68. The van der Waals surface area contributed by atoms with Crippen molar-refractivity contribution < 1.29 is 8.78 Å². The van der Waals surface area contributed by atoms with E-state index in [2.05, 4.69) is 0 Å². The average molecular weight is 225 g/mol. The lowest BCUT2D eigenvalue weighted by Crippen LogP contribution is -2.42. The minimum Gasteiger partial charge on any atom is -0.365 e. The molecule has 0 atom stereocenters. The van der Waals surface area contributed by atoms with Gasteiger partial charge in [-0.2, -0.15) is 0 Å². The van der Waals surface area contributed by atoms with Gasteiger partial charge in [0.1, 0.15) is 0 Å². The Balaban J connectivity index is 2.20. The van der Waals surface area contributed by atoms with Crippen molar-refractivity contribution >= 4 is 5.69 Å². The lowest BCUT2D eigenvalue weighted by molar-refractivity contribution is -0.0116. The first-order valence-corrected chi connectivity index (χ1v) is 5.68. The zero-order chi connectivity index (χ0) is 11.8. The van der Waals surface area contributed by atoms with E-state index < -0.39 is 5.92 Å². The first-order chi connectivity index (χ1) is 7.48. The smallest absolute Gasteiger partial charge is 0.265 e. The summed E-state index contributed by atoms with van der Waals surface area (Å²) in [5, 5.41) is 0. The van der Waals surface area contributed by atoms with Gasteiger partial charge in [0.15, 0.2) is 0 Å². The molecule has 1 nitrogen and oxygen atoms in total. The van der Waals surface area contributed by atoms with E-state index in [1.54, 1.807) is 4.90 Å². The van der Waals surface area contributed by atoms with Gasteiger partial charge >= 0.3 is 0 Å². The van der Waals surface area contributed by atoms with Gasteiger partial charge in [0, 0.05) is 18.7 Å². The third kappa shape index (κ3) is 2.34. The number of hydrogen-bond donors (Lipinski definition) is 0. The molecule has 0 bridgehead atoms. The number of hydrogen-bond acceptors (Lipinski definition) is 1. The second-order valence-corrected chi connectivity index (χ2v) is 4.65. The quantitative estimate of drug-likeness (QED) is 0.706. The minimum atomic E-state index is -2.53. The van der Waals surface area contributed by atoms with Crippen molar-refractivity contribution in [3.63, 3.8) is 0 Å². The minimum absolute atomic E-state index is 0.0222. The summed E-state index contributed by atoms with van der Waals surface area (Å²) in [4.78, 5) is 1.79. The maximum atomic E-state index is 13.3. The van der Waals surface area contributed by atoms with Crippen LogP contribution in [0.4, 0.5) is 14.5 Å². The second kappa shape index (κ2) is 4.04. The van der Waals surface area contributed by atoms with Crippen molar-refractivity contribution in [1.29, 1.82) is 0 Å². The Labute approximate surface area is 95.1 Å². The van der Waals surface area contributed by atoms with E-state index in [1.807, 2.05) is 32.0 Å². The average Bonchev–Trinajstić information content (AvgIpc) is 2.20. The zero-order valence-corrected chi connectivity index (χ0v) is 9.76. The first kappa shape index (κ1) is 11.4. The molecule has 16 heavy (non-hydrogen) atoms. The summed E-state index contributed by atoms with van der Waals surface area (Å²) in [6, 6.07) is 5.93. The van der Waals surface area contributed by atoms with Crippen LogP contribution >= 0.6 is 0 Å². The van der Waals surface area contributed by atoms with Gasteiger partial charge in [-0.1, -0.05) is 6.07 Å². The molecule has 1 fully saturated rings. The molecule has 0 aliphatic carbocycles. The second-order valence-electron chi connectivity index (χ2n) is 4.65. The SMILES string of the molecule is Cc1ccc(N2CCCC(F)(F)C2)cc1C. The molecule has 0 aromatic heterocycles. The largest absolute Gasteiger partial charge is 0.365 e. The van der Waals surface area contributed by atoms with Crippen LogP contribution in [0.5, 0.6) is 0 Å². The maximum absolute atomic E-state index is 13.3. The molecule has 0 spiro atoms. The van der Waals surface area contributed by atoms with Gasteiger partial charge < -0.3 is 4.90 Å². The molecule has 0 amide bonds. The van der Waals surface area contributed by atoms with Crippen LogP contribution in [0.3, 0.4) is 0 Å². The monoisotopic (exact) mass is 225 g/mol. The third-order valence-electron chi connectivity index (χ3n) is 3.25. The normalized spacial score (nSPS) is 19.9. The molecule has 0 radical (unpaired) electrons. The van der Waals surface area contributed by atoms with Crippen molar-refractivity contribution in [3.05, 3.63) is 29.3 Å². The van der Waals surface area contributed by atoms with Gasteiger partial charge in [-0.05, 0) is 43.5 Å². The molecule has 1 aliphatic rings. The predicted molar refractivity (Wildman–Crippen MR) is 62.3 cm³/mol. The molecule has 0 saturated carbocycles. The number of nitrogens with zero attached hydrogens (tertiary/aromatic N) is 1. The predicted octanol–water partition coefficient (Wildman–Crippen LogP) is 3.54. The van der Waals surface area contributed by atoms with Gasteiger partial charge in [-0.25, -0.2) is 8.78 Å². The summed E-state index contributed by atoms with van der Waals surface area (Å²) in [6.45, 7) is 4.64. The van der Waals surface area contributed by atoms with Crippen LogP contribution in [-0.2, 0) is 0 Å². The topological polar surface area (TPSA) is 3.24 Å². The molecule has 1 aromatic carbocycles. The highest BCUT2D eigenvalue weighted by Gasteiger charge is 2.35. The fraction of sp³-hybridized carbons (Fsp3) is 0.538. The Morgan fingerprint density at radius 3 is 2.56 bits per heavy atom. The third-order valence-corrected chi connectivity index (χ3v) is 3.25. The van der Waals surface area contributed by atoms with E-state index in [-0.39, 0.29) is 13.0 Å². The summed E-state index contributed by atoms with van der Waals surface area (Å²) >= 11 is 0. The molecule has 3 heteroatoms. The lowest BCUT2D eigenvalue weighted by Gasteiger charge is -2.34. The Bertz CT molecular complexity index is 388. The molecule has 1 aromatic rings. The van der Waals surface area contributed by atoms with Crippen molar-refractivity contribution in [2.24, 2.45) is 0 Å². The zero-order valence-electron chi connectivity index (χ0n) is 9.76. The number of benzene rings is 1. The molecule has 1 heterocycles. The highest BCUT2D eigenvalue weighted by Crippen LogP contribution is 2.30. The molecular formula is C13H17F2N. The lowest BCUT2D eigenvalue weighted by atomic mass is 10.0. The highest BCUT2D eigenvalue weighted by molar-refractivity contribution is 5.51. The van der Waals surface area contributed by atoms with Crippen LogP contribution in [0.1, 0.15) is 24.0 Å². The Kier molecular flexibility index (Phi) is 2.87. The highest BCUT2D eigenvalue weighted by atomic mass is 19.3. The number of halogens is 2. The number of piperidine rings is 1. The van der Waals surface area contributed by atoms with Crippen molar-refractivity contribution in [2.45, 2.75) is 32.6 Å².